The van der Waals surface area contributed by atoms with E-state index in [2.05, 4.69) is 29.2 Å². The van der Waals surface area contributed by atoms with Crippen LogP contribution < -0.4 is 5.73 Å². The molecule has 0 aliphatic carbocycles. The molecule has 86 valence electrons. The van der Waals surface area contributed by atoms with E-state index in [9.17, 15) is 0 Å². The van der Waals surface area contributed by atoms with Crippen LogP contribution in [0.25, 0.3) is 9.88 Å². The van der Waals surface area contributed by atoms with E-state index in [1.165, 1.54) is 0 Å². The van der Waals surface area contributed by atoms with Crippen LogP contribution in [0.2, 0.25) is 0 Å². The van der Waals surface area contributed by atoms with Crippen LogP contribution in [0.3, 0.4) is 0 Å². The van der Waals surface area contributed by atoms with Crippen molar-refractivity contribution < 1.29 is 0 Å². The molecule has 2 atom stereocenters. The van der Waals surface area contributed by atoms with Crippen LogP contribution >= 0.6 is 22.7 Å². The fourth-order valence-corrected chi connectivity index (χ4v) is 2.98. The number of nitrogens with zero attached hydrogens (tertiary/aromatic N) is 2. The Morgan fingerprint density at radius 2 is 2.25 bits per heavy atom. The molecule has 0 fully saturated rings. The van der Waals surface area contributed by atoms with Crippen LogP contribution in [0.4, 0.5) is 0 Å². The van der Waals surface area contributed by atoms with Crippen molar-refractivity contribution in [2.45, 2.75) is 26.3 Å². The van der Waals surface area contributed by atoms with Crippen molar-refractivity contribution in [2.75, 3.05) is 0 Å². The highest BCUT2D eigenvalue weighted by Gasteiger charge is 2.17. The molecule has 5 heteroatoms. The van der Waals surface area contributed by atoms with Crippen LogP contribution in [0, 0.1) is 5.92 Å². The Balaban J connectivity index is 2.20. The second-order valence-corrected chi connectivity index (χ2v) is 5.60. The minimum Gasteiger partial charge on any atom is -0.322 e. The fourth-order valence-electron chi connectivity index (χ4n) is 1.42. The Kier molecular flexibility index (Phi) is 3.68. The van der Waals surface area contributed by atoms with E-state index in [1.807, 2.05) is 11.7 Å². The van der Waals surface area contributed by atoms with Gasteiger partial charge in [-0.25, -0.2) is 4.98 Å². The Bertz CT molecular complexity index is 436. The van der Waals surface area contributed by atoms with E-state index in [4.69, 9.17) is 5.73 Å². The summed E-state index contributed by atoms with van der Waals surface area (Å²) in [6, 6.07) is 0.0444. The number of thiazole rings is 2. The van der Waals surface area contributed by atoms with Crippen LogP contribution in [-0.2, 0) is 0 Å². The first-order valence-electron chi connectivity index (χ1n) is 5.32. The third-order valence-corrected chi connectivity index (χ3v) is 4.57. The van der Waals surface area contributed by atoms with Gasteiger partial charge in [-0.3, -0.25) is 4.98 Å². The highest BCUT2D eigenvalue weighted by atomic mass is 32.1. The minimum atomic E-state index is 0.0444. The van der Waals surface area contributed by atoms with Gasteiger partial charge in [0.15, 0.2) is 0 Å². The molecule has 0 bridgehead atoms. The fraction of sp³-hybridized carbons (Fsp3) is 0.455. The molecule has 0 radical (unpaired) electrons. The molecule has 0 amide bonds. The molecular weight excluding hydrogens is 238 g/mol. The lowest BCUT2D eigenvalue weighted by molar-refractivity contribution is 0.450. The first kappa shape index (κ1) is 11.7. The molecule has 2 unspecified atom stereocenters. The molecule has 0 saturated carbocycles. The first-order chi connectivity index (χ1) is 7.72. The Morgan fingerprint density at radius 3 is 2.88 bits per heavy atom. The third-order valence-electron chi connectivity index (χ3n) is 2.76. The summed E-state index contributed by atoms with van der Waals surface area (Å²) in [5.74, 6) is 0.469. The molecule has 2 rings (SSSR count). The summed E-state index contributed by atoms with van der Waals surface area (Å²) in [5.41, 5.74) is 8.97. The lowest BCUT2D eigenvalue weighted by Crippen LogP contribution is -2.18. The normalized spacial score (nSPS) is 14.9. The molecular formula is C11H15N3S2. The molecule has 0 saturated heterocycles. The molecule has 0 aliphatic rings. The minimum absolute atomic E-state index is 0.0444. The highest BCUT2D eigenvalue weighted by molar-refractivity contribution is 7.19. The first-order valence-corrected chi connectivity index (χ1v) is 7.08. The van der Waals surface area contributed by atoms with E-state index in [1.54, 1.807) is 22.7 Å². The summed E-state index contributed by atoms with van der Waals surface area (Å²) < 4.78 is 0. The predicted octanol–water partition coefficient (Wildman–Crippen LogP) is 3.31. The standard InChI is InChI=1S/C11H15N3S2/c1-3-7(2)10(12)8-5-15-11(14-8)9-4-13-6-16-9/h4-7,10H,3,12H2,1-2H3. The summed E-state index contributed by atoms with van der Waals surface area (Å²) >= 11 is 3.25. The summed E-state index contributed by atoms with van der Waals surface area (Å²) in [6.45, 7) is 4.32. The summed E-state index contributed by atoms with van der Waals surface area (Å²) in [5, 5.41) is 3.09. The van der Waals surface area contributed by atoms with Gasteiger partial charge >= 0.3 is 0 Å². The quantitative estimate of drug-likeness (QED) is 0.909. The zero-order chi connectivity index (χ0) is 11.5. The number of hydrogen-bond acceptors (Lipinski definition) is 5. The summed E-state index contributed by atoms with van der Waals surface area (Å²) in [7, 11) is 0. The van der Waals surface area contributed by atoms with Gasteiger partial charge < -0.3 is 5.73 Å². The van der Waals surface area contributed by atoms with Crippen molar-refractivity contribution in [3.8, 4) is 9.88 Å². The van der Waals surface area contributed by atoms with Gasteiger partial charge in [-0.15, -0.1) is 22.7 Å². The molecule has 16 heavy (non-hydrogen) atoms. The van der Waals surface area contributed by atoms with Gasteiger partial charge in [0.1, 0.15) is 5.01 Å². The van der Waals surface area contributed by atoms with Crippen molar-refractivity contribution in [3.05, 3.63) is 22.8 Å². The van der Waals surface area contributed by atoms with Crippen LogP contribution in [0.5, 0.6) is 0 Å². The summed E-state index contributed by atoms with van der Waals surface area (Å²) in [4.78, 5) is 9.76. The van der Waals surface area contributed by atoms with E-state index >= 15 is 0 Å². The molecule has 2 aromatic heterocycles. The van der Waals surface area contributed by atoms with Crippen molar-refractivity contribution in [1.82, 2.24) is 9.97 Å². The monoisotopic (exact) mass is 253 g/mol. The highest BCUT2D eigenvalue weighted by Crippen LogP contribution is 2.30. The van der Waals surface area contributed by atoms with Gasteiger partial charge in [0.05, 0.1) is 22.1 Å². The van der Waals surface area contributed by atoms with Crippen molar-refractivity contribution in [2.24, 2.45) is 11.7 Å². The third kappa shape index (κ3) is 2.31. The summed E-state index contributed by atoms with van der Waals surface area (Å²) in [6.07, 6.45) is 2.93. The average Bonchev–Trinajstić information content (AvgIpc) is 2.96. The van der Waals surface area contributed by atoms with Gasteiger partial charge in [0.25, 0.3) is 0 Å². The molecule has 3 nitrogen and oxygen atoms in total. The number of nitrogens with two attached hydrogens (primary N) is 1. The number of rotatable bonds is 4. The Labute approximate surface area is 103 Å². The van der Waals surface area contributed by atoms with Crippen LogP contribution in [-0.4, -0.2) is 9.97 Å². The van der Waals surface area contributed by atoms with Crippen molar-refractivity contribution in [3.63, 3.8) is 0 Å². The molecule has 0 spiro atoms. The predicted molar refractivity (Wildman–Crippen MR) is 69.6 cm³/mol. The Hall–Kier alpha value is -0.780. The van der Waals surface area contributed by atoms with Gasteiger partial charge in [-0.1, -0.05) is 20.3 Å². The lowest BCUT2D eigenvalue weighted by Gasteiger charge is -2.15. The van der Waals surface area contributed by atoms with Gasteiger partial charge in [-0.2, -0.15) is 0 Å². The van der Waals surface area contributed by atoms with Crippen LogP contribution in [0.15, 0.2) is 17.1 Å². The van der Waals surface area contributed by atoms with Crippen molar-refractivity contribution in [1.29, 1.82) is 0 Å². The molecule has 2 N–H and O–H groups in total. The van der Waals surface area contributed by atoms with Crippen LogP contribution in [0.1, 0.15) is 32.0 Å². The number of hydrogen-bond donors (Lipinski definition) is 1. The smallest absolute Gasteiger partial charge is 0.135 e. The van der Waals surface area contributed by atoms with E-state index in [0.717, 1.165) is 22.0 Å². The molecule has 0 aliphatic heterocycles. The SMILES string of the molecule is CCC(C)C(N)c1csc(-c2cncs2)n1. The molecule has 0 aromatic carbocycles. The van der Waals surface area contributed by atoms with Crippen molar-refractivity contribution >= 4 is 22.7 Å². The zero-order valence-electron chi connectivity index (χ0n) is 9.38. The lowest BCUT2D eigenvalue weighted by atomic mass is 9.98. The number of aromatic nitrogens is 2. The van der Waals surface area contributed by atoms with Gasteiger partial charge in [-0.05, 0) is 5.92 Å². The zero-order valence-corrected chi connectivity index (χ0v) is 11.0. The van der Waals surface area contributed by atoms with Gasteiger partial charge in [0, 0.05) is 11.6 Å². The van der Waals surface area contributed by atoms with E-state index in [0.29, 0.717) is 5.92 Å². The van der Waals surface area contributed by atoms with Gasteiger partial charge in [0.2, 0.25) is 0 Å². The molecule has 2 aromatic rings. The molecule has 2 heterocycles. The maximum absolute atomic E-state index is 6.15. The second kappa shape index (κ2) is 5.03. The maximum Gasteiger partial charge on any atom is 0.135 e. The largest absolute Gasteiger partial charge is 0.322 e. The maximum atomic E-state index is 6.15. The topological polar surface area (TPSA) is 51.8 Å². The second-order valence-electron chi connectivity index (χ2n) is 3.85. The average molecular weight is 253 g/mol. The van der Waals surface area contributed by atoms with E-state index < -0.39 is 0 Å². The van der Waals surface area contributed by atoms with E-state index in [-0.39, 0.29) is 6.04 Å². The Morgan fingerprint density at radius 1 is 1.44 bits per heavy atom.